The second-order valence-electron chi connectivity index (χ2n) is 9.99. The summed E-state index contributed by atoms with van der Waals surface area (Å²) < 4.78 is 5.88. The van der Waals surface area contributed by atoms with E-state index in [1.165, 1.54) is 57.8 Å². The predicted octanol–water partition coefficient (Wildman–Crippen LogP) is 7.99. The fraction of sp³-hybridized carbons (Fsp3) is 0.778. The van der Waals surface area contributed by atoms with Crippen LogP contribution in [0.3, 0.4) is 0 Å². The fourth-order valence-corrected chi connectivity index (χ4v) is 4.04. The average Bonchev–Trinajstić information content (AvgIpc) is 2.68. The largest absolute Gasteiger partial charge is 0.494 e. The number of nitrogens with two attached hydrogens (primary N) is 1. The van der Waals surface area contributed by atoms with Gasteiger partial charge in [-0.05, 0) is 47.8 Å². The zero-order valence-electron chi connectivity index (χ0n) is 20.1. The van der Waals surface area contributed by atoms with E-state index in [0.717, 1.165) is 48.0 Å². The van der Waals surface area contributed by atoms with E-state index in [9.17, 15) is 0 Å². The smallest absolute Gasteiger partial charge is 0.119 e. The van der Waals surface area contributed by atoms with Gasteiger partial charge in [0, 0.05) is 6.54 Å². The highest BCUT2D eigenvalue weighted by Gasteiger charge is 2.08. The zero-order valence-corrected chi connectivity index (χ0v) is 20.1. The van der Waals surface area contributed by atoms with Crippen LogP contribution in [0.4, 0.5) is 0 Å². The highest BCUT2D eigenvalue weighted by molar-refractivity contribution is 5.26. The van der Waals surface area contributed by atoms with Gasteiger partial charge in [-0.1, -0.05) is 105 Å². The zero-order chi connectivity index (χ0) is 21.5. The van der Waals surface area contributed by atoms with E-state index in [-0.39, 0.29) is 0 Å². The lowest BCUT2D eigenvalue weighted by molar-refractivity contribution is 0.274. The predicted molar refractivity (Wildman–Crippen MR) is 128 cm³/mol. The van der Waals surface area contributed by atoms with Gasteiger partial charge in [0.2, 0.25) is 0 Å². The topological polar surface area (TPSA) is 35.2 Å². The van der Waals surface area contributed by atoms with Crippen molar-refractivity contribution in [3.8, 4) is 5.75 Å². The van der Waals surface area contributed by atoms with Gasteiger partial charge in [-0.3, -0.25) is 0 Å². The van der Waals surface area contributed by atoms with E-state index >= 15 is 0 Å². The first-order valence-corrected chi connectivity index (χ1v) is 12.3. The van der Waals surface area contributed by atoms with Gasteiger partial charge in [-0.2, -0.15) is 0 Å². The van der Waals surface area contributed by atoms with E-state index in [4.69, 9.17) is 10.5 Å². The number of hydrogen-bond donors (Lipinski definition) is 1. The summed E-state index contributed by atoms with van der Waals surface area (Å²) in [5, 5.41) is 0. The Morgan fingerprint density at radius 3 is 1.55 bits per heavy atom. The van der Waals surface area contributed by atoms with Crippen molar-refractivity contribution in [2.45, 2.75) is 105 Å². The Morgan fingerprint density at radius 1 is 0.655 bits per heavy atom. The van der Waals surface area contributed by atoms with E-state index in [1.54, 1.807) is 0 Å². The third-order valence-electron chi connectivity index (χ3n) is 6.30. The third kappa shape index (κ3) is 13.8. The first-order chi connectivity index (χ1) is 13.9. The second-order valence-corrected chi connectivity index (χ2v) is 9.99. The molecule has 1 unspecified atom stereocenters. The van der Waals surface area contributed by atoms with Gasteiger partial charge in [0.25, 0.3) is 0 Å². The molecule has 0 aliphatic heterocycles. The normalized spacial score (nSPS) is 14.7. The van der Waals surface area contributed by atoms with Crippen LogP contribution >= 0.6 is 0 Å². The summed E-state index contributed by atoms with van der Waals surface area (Å²) in [5.74, 6) is 4.35. The summed E-state index contributed by atoms with van der Waals surface area (Å²) in [4.78, 5) is 0. The minimum atomic E-state index is 0.590. The van der Waals surface area contributed by atoms with Crippen molar-refractivity contribution >= 4 is 0 Å². The van der Waals surface area contributed by atoms with Crippen LogP contribution in [0.25, 0.3) is 0 Å². The Morgan fingerprint density at radius 2 is 1.10 bits per heavy atom. The molecule has 1 aromatic rings. The van der Waals surface area contributed by atoms with Gasteiger partial charge in [0.05, 0.1) is 6.61 Å². The molecule has 0 aromatic heterocycles. The van der Waals surface area contributed by atoms with Crippen LogP contribution in [0, 0.1) is 23.7 Å². The molecule has 1 rings (SSSR count). The van der Waals surface area contributed by atoms with Crippen LogP contribution in [0.2, 0.25) is 0 Å². The minimum Gasteiger partial charge on any atom is -0.494 e. The average molecular weight is 404 g/mol. The van der Waals surface area contributed by atoms with Crippen LogP contribution in [0.15, 0.2) is 24.3 Å². The molecule has 0 saturated heterocycles. The molecule has 0 radical (unpaired) electrons. The van der Waals surface area contributed by atoms with Crippen molar-refractivity contribution in [2.75, 3.05) is 6.61 Å². The van der Waals surface area contributed by atoms with Crippen molar-refractivity contribution < 1.29 is 4.74 Å². The molecule has 2 N–H and O–H groups in total. The van der Waals surface area contributed by atoms with Crippen molar-refractivity contribution in [3.05, 3.63) is 29.8 Å². The quantitative estimate of drug-likeness (QED) is 0.286. The van der Waals surface area contributed by atoms with Gasteiger partial charge in [-0.25, -0.2) is 0 Å². The maximum Gasteiger partial charge on any atom is 0.119 e. The molecule has 0 aliphatic rings. The van der Waals surface area contributed by atoms with Crippen molar-refractivity contribution in [2.24, 2.45) is 29.4 Å². The van der Waals surface area contributed by atoms with Gasteiger partial charge >= 0.3 is 0 Å². The fourth-order valence-electron chi connectivity index (χ4n) is 4.04. The standard InChI is InChI=1S/C27H49NO/c1-22(2)9-6-10-23(3)11-7-12-24(4)13-8-14-25(5)19-20-29-27-17-15-26(21-28)16-18-27/h15-18,22-25H,6-14,19-21,28H2,1-5H3/t23-,24-,25?/m1/s1. The van der Waals surface area contributed by atoms with Crippen LogP contribution in [-0.2, 0) is 6.54 Å². The molecular formula is C27H49NO. The molecule has 0 heterocycles. The van der Waals surface area contributed by atoms with Crippen LogP contribution < -0.4 is 10.5 Å². The highest BCUT2D eigenvalue weighted by atomic mass is 16.5. The van der Waals surface area contributed by atoms with Crippen molar-refractivity contribution in [1.29, 1.82) is 0 Å². The molecule has 3 atom stereocenters. The maximum atomic E-state index is 5.88. The molecule has 0 saturated carbocycles. The summed E-state index contributed by atoms with van der Waals surface area (Å²) in [6, 6.07) is 8.15. The Bertz CT molecular complexity index is 496. The first kappa shape index (κ1) is 26.0. The van der Waals surface area contributed by atoms with Crippen molar-refractivity contribution in [1.82, 2.24) is 0 Å². The molecule has 0 amide bonds. The Labute approximate surface area is 182 Å². The number of rotatable bonds is 17. The lowest BCUT2D eigenvalue weighted by Crippen LogP contribution is -2.05. The Hall–Kier alpha value is -1.02. The van der Waals surface area contributed by atoms with Crippen LogP contribution in [0.1, 0.15) is 104 Å². The summed E-state index contributed by atoms with van der Waals surface area (Å²) in [6.45, 7) is 13.3. The molecule has 0 bridgehead atoms. The Balaban J connectivity index is 2.01. The maximum absolute atomic E-state index is 5.88. The van der Waals surface area contributed by atoms with E-state index < -0.39 is 0 Å². The minimum absolute atomic E-state index is 0.590. The molecule has 2 heteroatoms. The second kappa shape index (κ2) is 15.8. The lowest BCUT2D eigenvalue weighted by Gasteiger charge is -2.16. The van der Waals surface area contributed by atoms with Crippen LogP contribution in [0.5, 0.6) is 5.75 Å². The SMILES string of the molecule is CC(C)CCC[C@@H](C)CCC[C@@H](C)CCCC(C)CCOc1ccc(CN)cc1. The first-order valence-electron chi connectivity index (χ1n) is 12.3. The lowest BCUT2D eigenvalue weighted by atomic mass is 9.91. The Kier molecular flexibility index (Phi) is 14.1. The summed E-state index contributed by atoms with van der Waals surface area (Å²) in [5.41, 5.74) is 6.79. The summed E-state index contributed by atoms with van der Waals surface area (Å²) in [7, 11) is 0. The molecule has 29 heavy (non-hydrogen) atoms. The van der Waals surface area contributed by atoms with Crippen LogP contribution in [-0.4, -0.2) is 6.61 Å². The molecule has 2 nitrogen and oxygen atoms in total. The molecular weight excluding hydrogens is 354 g/mol. The van der Waals surface area contributed by atoms with Gasteiger partial charge < -0.3 is 10.5 Å². The number of benzene rings is 1. The third-order valence-corrected chi connectivity index (χ3v) is 6.30. The molecule has 168 valence electrons. The van der Waals surface area contributed by atoms with E-state index in [2.05, 4.69) is 34.6 Å². The molecule has 1 aromatic carbocycles. The molecule has 0 aliphatic carbocycles. The van der Waals surface area contributed by atoms with Gasteiger partial charge in [-0.15, -0.1) is 0 Å². The molecule has 0 spiro atoms. The van der Waals surface area contributed by atoms with Gasteiger partial charge in [0.15, 0.2) is 0 Å². The summed E-state index contributed by atoms with van der Waals surface area (Å²) >= 11 is 0. The highest BCUT2D eigenvalue weighted by Crippen LogP contribution is 2.23. The number of hydrogen-bond acceptors (Lipinski definition) is 2. The summed E-state index contributed by atoms with van der Waals surface area (Å²) in [6.07, 6.45) is 13.7. The van der Waals surface area contributed by atoms with E-state index in [1.807, 2.05) is 24.3 Å². The monoisotopic (exact) mass is 403 g/mol. The van der Waals surface area contributed by atoms with Gasteiger partial charge in [0.1, 0.15) is 5.75 Å². The van der Waals surface area contributed by atoms with E-state index in [0.29, 0.717) is 6.54 Å². The molecule has 0 fully saturated rings. The number of ether oxygens (including phenoxy) is 1. The van der Waals surface area contributed by atoms with Crippen molar-refractivity contribution in [3.63, 3.8) is 0 Å².